The van der Waals surface area contributed by atoms with Crippen LogP contribution in [0.3, 0.4) is 0 Å². The van der Waals surface area contributed by atoms with E-state index in [1.54, 1.807) is 0 Å². The molecule has 0 bridgehead atoms. The van der Waals surface area contributed by atoms with Gasteiger partial charge in [-0.2, -0.15) is 0 Å². The third-order valence-corrected chi connectivity index (χ3v) is 8.56. The standard InChI is InChI=1S/C30H26Br2O4/c1-29(2)12-21(34)26-24(14-29)35-23-8-6-17(32)11-19(23)25(26)27-28-18(20(33)13-30(27,3)4)10-15-9-16(31)5-7-22(15)36-28/h5-11,25H,12-14H2,1-4H3/t25-/m0/s1. The molecule has 0 radical (unpaired) electrons. The number of carbonyl (C=O) groups excluding carboxylic acids is 2. The van der Waals surface area contributed by atoms with E-state index < -0.39 is 5.41 Å². The summed E-state index contributed by atoms with van der Waals surface area (Å²) in [5, 5.41) is 0. The number of fused-ring (bicyclic) bond motifs is 3. The van der Waals surface area contributed by atoms with E-state index in [4.69, 9.17) is 9.47 Å². The summed E-state index contributed by atoms with van der Waals surface area (Å²) in [5.41, 5.74) is 3.32. The zero-order chi connectivity index (χ0) is 25.6. The molecule has 4 nitrogen and oxygen atoms in total. The summed E-state index contributed by atoms with van der Waals surface area (Å²) < 4.78 is 14.8. The number of carbonyl (C=O) groups is 2. The number of benzene rings is 2. The quantitative estimate of drug-likeness (QED) is 0.328. The molecule has 2 heterocycles. The third kappa shape index (κ3) is 3.76. The van der Waals surface area contributed by atoms with Gasteiger partial charge in [-0.1, -0.05) is 59.6 Å². The molecule has 0 amide bonds. The first-order chi connectivity index (χ1) is 16.9. The number of halogens is 2. The highest BCUT2D eigenvalue weighted by atomic mass is 79.9. The fourth-order valence-corrected chi connectivity index (χ4v) is 6.81. The Morgan fingerprint density at radius 2 is 1.53 bits per heavy atom. The van der Waals surface area contributed by atoms with Gasteiger partial charge in [0.2, 0.25) is 0 Å². The van der Waals surface area contributed by atoms with Crippen molar-refractivity contribution in [3.63, 3.8) is 0 Å². The predicted molar refractivity (Wildman–Crippen MR) is 146 cm³/mol. The lowest BCUT2D eigenvalue weighted by Crippen LogP contribution is -2.39. The van der Waals surface area contributed by atoms with Gasteiger partial charge in [-0.3, -0.25) is 9.59 Å². The van der Waals surface area contributed by atoms with Crippen LogP contribution in [0.4, 0.5) is 0 Å². The van der Waals surface area contributed by atoms with E-state index in [2.05, 4.69) is 59.6 Å². The van der Waals surface area contributed by atoms with Gasteiger partial charge in [0, 0.05) is 50.8 Å². The summed E-state index contributed by atoms with van der Waals surface area (Å²) in [5.74, 6) is 2.56. The van der Waals surface area contributed by atoms with E-state index in [0.717, 1.165) is 37.2 Å². The molecule has 4 aliphatic rings. The highest BCUT2D eigenvalue weighted by Crippen LogP contribution is 2.58. The SMILES string of the molecule is CC1(C)CC(=O)C2=C(C1)Oc1ccc(Br)cc1[C@@H]2C1=C2Oc3ccc(Br)cc3C=C2C(=O)CC1(C)C. The third-order valence-electron chi connectivity index (χ3n) is 7.58. The van der Waals surface area contributed by atoms with Crippen LogP contribution in [0, 0.1) is 10.8 Å². The number of Topliss-reactive ketones (excluding diaryl/α,β-unsaturated/α-hetero) is 2. The molecule has 2 aromatic carbocycles. The molecular formula is C30H26Br2O4. The number of ether oxygens (including phenoxy) is 2. The molecule has 2 aromatic rings. The van der Waals surface area contributed by atoms with E-state index in [-0.39, 0.29) is 22.9 Å². The van der Waals surface area contributed by atoms with Crippen molar-refractivity contribution >= 4 is 49.5 Å². The summed E-state index contributed by atoms with van der Waals surface area (Å²) in [7, 11) is 0. The average Bonchev–Trinajstić information content (AvgIpc) is 2.76. The molecule has 0 fully saturated rings. The van der Waals surface area contributed by atoms with Crippen LogP contribution >= 0.6 is 31.9 Å². The molecule has 0 aromatic heterocycles. The Morgan fingerprint density at radius 1 is 0.833 bits per heavy atom. The van der Waals surface area contributed by atoms with Gasteiger partial charge >= 0.3 is 0 Å². The van der Waals surface area contributed by atoms with Gasteiger partial charge in [0.05, 0.1) is 5.57 Å². The number of allylic oxidation sites excluding steroid dienone is 4. The maximum atomic E-state index is 13.8. The minimum absolute atomic E-state index is 0.0520. The molecule has 1 atom stereocenters. The molecule has 6 heteroatoms. The Balaban J connectivity index is 1.66. The van der Waals surface area contributed by atoms with Gasteiger partial charge in [0.1, 0.15) is 23.0 Å². The molecule has 0 saturated heterocycles. The number of hydrogen-bond donors (Lipinski definition) is 0. The lowest BCUT2D eigenvalue weighted by molar-refractivity contribution is -0.118. The van der Waals surface area contributed by atoms with E-state index >= 15 is 0 Å². The summed E-state index contributed by atoms with van der Waals surface area (Å²) in [6, 6.07) is 11.8. The van der Waals surface area contributed by atoms with E-state index in [9.17, 15) is 9.59 Å². The molecule has 0 N–H and O–H groups in total. The van der Waals surface area contributed by atoms with Crippen LogP contribution in [-0.2, 0) is 9.59 Å². The van der Waals surface area contributed by atoms with Gasteiger partial charge in [-0.25, -0.2) is 0 Å². The first-order valence-electron chi connectivity index (χ1n) is 12.1. The Bertz CT molecular complexity index is 1470. The Hall–Kier alpha value is -2.44. The van der Waals surface area contributed by atoms with Gasteiger partial charge in [-0.15, -0.1) is 0 Å². The van der Waals surface area contributed by atoms with Gasteiger partial charge in [0.15, 0.2) is 11.6 Å². The van der Waals surface area contributed by atoms with Crippen molar-refractivity contribution in [1.82, 2.24) is 0 Å². The van der Waals surface area contributed by atoms with Crippen molar-refractivity contribution in [2.75, 3.05) is 0 Å². The molecule has 0 saturated carbocycles. The summed E-state index contributed by atoms with van der Waals surface area (Å²) in [4.78, 5) is 27.2. The lowest BCUT2D eigenvalue weighted by atomic mass is 9.61. The molecule has 6 rings (SSSR count). The van der Waals surface area contributed by atoms with Crippen molar-refractivity contribution in [1.29, 1.82) is 0 Å². The topological polar surface area (TPSA) is 52.6 Å². The van der Waals surface area contributed by atoms with Crippen molar-refractivity contribution in [3.05, 3.63) is 84.7 Å². The Kier molecular flexibility index (Phi) is 5.34. The summed E-state index contributed by atoms with van der Waals surface area (Å²) in [6.07, 6.45) is 3.41. The number of rotatable bonds is 1. The molecule has 0 spiro atoms. The maximum Gasteiger partial charge on any atom is 0.167 e. The second kappa shape index (κ2) is 8.03. The van der Waals surface area contributed by atoms with Crippen molar-refractivity contribution < 1.29 is 19.1 Å². The zero-order valence-electron chi connectivity index (χ0n) is 20.6. The predicted octanol–water partition coefficient (Wildman–Crippen LogP) is 8.06. The number of ketones is 2. The molecule has 36 heavy (non-hydrogen) atoms. The Morgan fingerprint density at radius 3 is 2.28 bits per heavy atom. The van der Waals surface area contributed by atoms with Crippen LogP contribution in [0.15, 0.2) is 73.6 Å². The molecule has 0 unspecified atom stereocenters. The van der Waals surface area contributed by atoms with Crippen LogP contribution in [-0.4, -0.2) is 11.6 Å². The highest BCUT2D eigenvalue weighted by Gasteiger charge is 2.50. The van der Waals surface area contributed by atoms with Gasteiger partial charge in [-0.05, 0) is 58.9 Å². The first kappa shape index (κ1) is 23.9. The highest BCUT2D eigenvalue weighted by molar-refractivity contribution is 9.10. The van der Waals surface area contributed by atoms with Crippen molar-refractivity contribution in [2.24, 2.45) is 10.8 Å². The van der Waals surface area contributed by atoms with Crippen LogP contribution in [0.2, 0.25) is 0 Å². The summed E-state index contributed by atoms with van der Waals surface area (Å²) >= 11 is 7.15. The van der Waals surface area contributed by atoms with Crippen molar-refractivity contribution in [2.45, 2.75) is 52.9 Å². The van der Waals surface area contributed by atoms with Crippen molar-refractivity contribution in [3.8, 4) is 11.5 Å². The minimum atomic E-state index is -0.524. The minimum Gasteiger partial charge on any atom is -0.461 e. The van der Waals surface area contributed by atoms with E-state index in [1.807, 2.05) is 42.5 Å². The van der Waals surface area contributed by atoms with Gasteiger partial charge in [0.25, 0.3) is 0 Å². The second-order valence-electron chi connectivity index (χ2n) is 11.6. The summed E-state index contributed by atoms with van der Waals surface area (Å²) in [6.45, 7) is 8.37. The monoisotopic (exact) mass is 608 g/mol. The lowest BCUT2D eigenvalue weighted by Gasteiger charge is -2.44. The van der Waals surface area contributed by atoms with Crippen LogP contribution in [0.1, 0.15) is 64.0 Å². The smallest absolute Gasteiger partial charge is 0.167 e. The fourth-order valence-electron chi connectivity index (χ4n) is 6.06. The second-order valence-corrected chi connectivity index (χ2v) is 13.4. The molecule has 2 aliphatic heterocycles. The maximum absolute atomic E-state index is 13.8. The normalized spacial score (nSPS) is 23.6. The average molecular weight is 610 g/mol. The van der Waals surface area contributed by atoms with Crippen LogP contribution < -0.4 is 9.47 Å². The Labute approximate surface area is 227 Å². The van der Waals surface area contributed by atoms with E-state index in [0.29, 0.717) is 41.9 Å². The van der Waals surface area contributed by atoms with Crippen LogP contribution in [0.25, 0.3) is 6.08 Å². The largest absolute Gasteiger partial charge is 0.461 e. The number of hydrogen-bond acceptors (Lipinski definition) is 4. The first-order valence-corrected chi connectivity index (χ1v) is 13.7. The molecular weight excluding hydrogens is 584 g/mol. The van der Waals surface area contributed by atoms with Gasteiger partial charge < -0.3 is 9.47 Å². The van der Waals surface area contributed by atoms with E-state index in [1.165, 1.54) is 0 Å². The zero-order valence-corrected chi connectivity index (χ0v) is 23.8. The molecule has 184 valence electrons. The fraction of sp³-hybridized carbons (Fsp3) is 0.333. The van der Waals surface area contributed by atoms with Crippen LogP contribution in [0.5, 0.6) is 11.5 Å². The molecule has 2 aliphatic carbocycles.